The van der Waals surface area contributed by atoms with E-state index in [1.165, 1.54) is 85.5 Å². The van der Waals surface area contributed by atoms with Crippen LogP contribution in [0.15, 0.2) is 95.4 Å². The molecule has 0 radical (unpaired) electrons. The lowest BCUT2D eigenvalue weighted by molar-refractivity contribution is 0.332. The van der Waals surface area contributed by atoms with Crippen LogP contribution in [0.1, 0.15) is 182 Å². The number of rotatable bonds is 3. The standard InChI is InChI=1S/C61H74BN3O/c1-55(2,3)38-20-18-37(19-21-38)54-63-53-52(66-54)62-47-35-45-46(61(16,17)31-30-60(45,14)15)36-48(47)64(42-26-27-43-44(34-42)59(12,13)29-28-58(43,10)11)49-32-40(57(7,8)9)33-50(51(49)62)65(53)41-24-22-39(23-25-41)56(4,5)6/h18-27,32-36H,28-31H2,1-17H3. The number of benzene rings is 5. The van der Waals surface area contributed by atoms with Gasteiger partial charge in [-0.15, -0.1) is 0 Å². The highest BCUT2D eigenvalue weighted by Crippen LogP contribution is 2.53. The Bertz CT molecular complexity index is 2920. The van der Waals surface area contributed by atoms with E-state index in [2.05, 4.69) is 218 Å². The van der Waals surface area contributed by atoms with E-state index in [1.54, 1.807) is 0 Å². The summed E-state index contributed by atoms with van der Waals surface area (Å²) in [6.45, 7) is 40.2. The fourth-order valence-corrected chi connectivity index (χ4v) is 11.7. The maximum atomic E-state index is 7.38. The van der Waals surface area contributed by atoms with E-state index in [-0.39, 0.29) is 44.6 Å². The first-order valence-corrected chi connectivity index (χ1v) is 24.9. The predicted molar refractivity (Wildman–Crippen MR) is 283 cm³/mol. The van der Waals surface area contributed by atoms with Gasteiger partial charge in [0.05, 0.1) is 0 Å². The van der Waals surface area contributed by atoms with Crippen LogP contribution in [-0.2, 0) is 37.9 Å². The highest BCUT2D eigenvalue weighted by atomic mass is 16.4. The summed E-state index contributed by atoms with van der Waals surface area (Å²) in [6, 6.07) is 35.8. The summed E-state index contributed by atoms with van der Waals surface area (Å²) in [5.41, 5.74) is 20.3. The lowest BCUT2D eigenvalue weighted by Gasteiger charge is -2.47. The third-order valence-electron chi connectivity index (χ3n) is 16.5. The first-order chi connectivity index (χ1) is 30.6. The van der Waals surface area contributed by atoms with Gasteiger partial charge in [-0.05, 0) is 168 Å². The van der Waals surface area contributed by atoms with Gasteiger partial charge in [0.25, 0.3) is 6.71 Å². The second-order valence-electron chi connectivity index (χ2n) is 26.3. The summed E-state index contributed by atoms with van der Waals surface area (Å²) in [6.07, 6.45) is 4.65. The van der Waals surface area contributed by atoms with Gasteiger partial charge in [0, 0.05) is 34.0 Å². The molecule has 6 aromatic rings. The molecule has 5 aromatic carbocycles. The second-order valence-corrected chi connectivity index (χ2v) is 26.3. The van der Waals surface area contributed by atoms with E-state index in [0.717, 1.165) is 35.6 Å². The molecule has 0 amide bonds. The van der Waals surface area contributed by atoms with Crippen molar-refractivity contribution in [2.45, 2.75) is 181 Å². The molecule has 10 rings (SSSR count). The number of hydrogen-bond donors (Lipinski definition) is 0. The molecule has 3 heterocycles. The van der Waals surface area contributed by atoms with E-state index in [4.69, 9.17) is 9.40 Å². The lowest BCUT2D eigenvalue weighted by atomic mass is 9.35. The van der Waals surface area contributed by atoms with Crippen LogP contribution in [0.3, 0.4) is 0 Å². The SMILES string of the molecule is CC(C)(C)c1ccc(-c2nc3c(o2)B2c4cc5c(cc4N(c4ccc6c(c4)C(C)(C)CCC6(C)C)c4cc(C(C)(C)C)cc(c42)N3c2ccc(C(C)(C)C)cc2)C(C)(C)CCC5(C)C)cc1. The molecule has 66 heavy (non-hydrogen) atoms. The Labute approximate surface area is 397 Å². The van der Waals surface area contributed by atoms with E-state index in [0.29, 0.717) is 5.89 Å². The van der Waals surface area contributed by atoms with Crippen molar-refractivity contribution in [2.75, 3.05) is 9.80 Å². The second kappa shape index (κ2) is 14.3. The minimum Gasteiger partial charge on any atom is -0.448 e. The smallest absolute Gasteiger partial charge is 0.299 e. The number of hydrogen-bond acceptors (Lipinski definition) is 4. The Morgan fingerprint density at radius 2 is 0.924 bits per heavy atom. The van der Waals surface area contributed by atoms with Crippen LogP contribution < -0.4 is 26.4 Å². The molecule has 0 unspecified atom stereocenters. The highest BCUT2D eigenvalue weighted by Gasteiger charge is 2.50. The largest absolute Gasteiger partial charge is 0.448 e. The van der Waals surface area contributed by atoms with Crippen LogP contribution in [0.5, 0.6) is 0 Å². The molecule has 342 valence electrons. The number of anilines is 6. The van der Waals surface area contributed by atoms with E-state index in [9.17, 15) is 0 Å². The summed E-state index contributed by atoms with van der Waals surface area (Å²) < 4.78 is 7.38. The van der Waals surface area contributed by atoms with Crippen molar-refractivity contribution < 1.29 is 4.42 Å². The van der Waals surface area contributed by atoms with Gasteiger partial charge in [0.15, 0.2) is 5.82 Å². The van der Waals surface area contributed by atoms with Gasteiger partial charge in [-0.3, -0.25) is 4.90 Å². The van der Waals surface area contributed by atoms with Gasteiger partial charge in [-0.25, -0.2) is 0 Å². The quantitative estimate of drug-likeness (QED) is 0.166. The third kappa shape index (κ3) is 7.03. The van der Waals surface area contributed by atoms with Crippen LogP contribution in [-0.4, -0.2) is 11.7 Å². The molecule has 4 nitrogen and oxygen atoms in total. The van der Waals surface area contributed by atoms with Crippen molar-refractivity contribution in [3.63, 3.8) is 0 Å². The molecule has 0 N–H and O–H groups in total. The first kappa shape index (κ1) is 44.8. The zero-order valence-corrected chi connectivity index (χ0v) is 43.3. The normalized spacial score (nSPS) is 18.8. The number of nitrogens with zero attached hydrogens (tertiary/aromatic N) is 3. The maximum Gasteiger partial charge on any atom is 0.299 e. The van der Waals surface area contributed by atoms with E-state index < -0.39 is 0 Å². The minimum absolute atomic E-state index is 0.0189. The fraction of sp³-hybridized carbons (Fsp3) is 0.459. The lowest BCUT2D eigenvalue weighted by Crippen LogP contribution is -2.61. The van der Waals surface area contributed by atoms with Gasteiger partial charge < -0.3 is 9.32 Å². The summed E-state index contributed by atoms with van der Waals surface area (Å²) >= 11 is 0. The highest BCUT2D eigenvalue weighted by molar-refractivity contribution is 6.99. The number of fused-ring (bicyclic) bond motifs is 6. The molecule has 0 saturated heterocycles. The molecular weight excluding hydrogens is 802 g/mol. The molecule has 5 heteroatoms. The zero-order chi connectivity index (χ0) is 47.5. The summed E-state index contributed by atoms with van der Waals surface area (Å²) in [4.78, 5) is 10.7. The first-order valence-electron chi connectivity index (χ1n) is 24.9. The van der Waals surface area contributed by atoms with Gasteiger partial charge in [0.2, 0.25) is 5.89 Å². The van der Waals surface area contributed by atoms with Crippen LogP contribution in [0.2, 0.25) is 0 Å². The molecule has 0 saturated carbocycles. The average molecular weight is 876 g/mol. The molecular formula is C61H74BN3O. The van der Waals surface area contributed by atoms with Crippen molar-refractivity contribution >= 4 is 57.6 Å². The summed E-state index contributed by atoms with van der Waals surface area (Å²) in [5.74, 6) is 1.53. The number of aromatic nitrogens is 1. The maximum absolute atomic E-state index is 7.38. The molecule has 2 aliphatic carbocycles. The molecule has 0 bridgehead atoms. The topological polar surface area (TPSA) is 32.5 Å². The van der Waals surface area contributed by atoms with Crippen molar-refractivity contribution in [2.24, 2.45) is 0 Å². The van der Waals surface area contributed by atoms with Crippen molar-refractivity contribution in [3.05, 3.63) is 130 Å². The van der Waals surface area contributed by atoms with Crippen molar-refractivity contribution in [1.29, 1.82) is 0 Å². The van der Waals surface area contributed by atoms with Crippen molar-refractivity contribution in [1.82, 2.24) is 4.98 Å². The Balaban J connectivity index is 1.32. The van der Waals surface area contributed by atoms with E-state index >= 15 is 0 Å². The van der Waals surface area contributed by atoms with Crippen LogP contribution in [0, 0.1) is 0 Å². The van der Waals surface area contributed by atoms with Crippen molar-refractivity contribution in [3.8, 4) is 11.5 Å². The monoisotopic (exact) mass is 876 g/mol. The third-order valence-corrected chi connectivity index (χ3v) is 16.5. The van der Waals surface area contributed by atoms with Gasteiger partial charge in [-0.1, -0.05) is 154 Å². The Morgan fingerprint density at radius 3 is 1.45 bits per heavy atom. The zero-order valence-electron chi connectivity index (χ0n) is 43.3. The molecule has 2 aliphatic heterocycles. The molecule has 0 fully saturated rings. The summed E-state index contributed by atoms with van der Waals surface area (Å²) in [7, 11) is 0. The van der Waals surface area contributed by atoms with Crippen LogP contribution in [0.4, 0.5) is 34.3 Å². The fourth-order valence-electron chi connectivity index (χ4n) is 11.7. The van der Waals surface area contributed by atoms with Gasteiger partial charge in [0.1, 0.15) is 5.66 Å². The van der Waals surface area contributed by atoms with E-state index in [1.807, 2.05) is 0 Å². The molecule has 0 spiro atoms. The Morgan fingerprint density at radius 1 is 0.470 bits per heavy atom. The van der Waals surface area contributed by atoms with Crippen LogP contribution in [0.25, 0.3) is 11.5 Å². The Hall–Kier alpha value is -5.03. The minimum atomic E-state index is -0.176. The average Bonchev–Trinajstić information content (AvgIpc) is 3.68. The molecule has 4 aliphatic rings. The number of oxazole rings is 1. The van der Waals surface area contributed by atoms with Crippen LogP contribution >= 0.6 is 0 Å². The predicted octanol–water partition coefficient (Wildman–Crippen LogP) is 15.0. The van der Waals surface area contributed by atoms with Gasteiger partial charge >= 0.3 is 0 Å². The van der Waals surface area contributed by atoms with Gasteiger partial charge in [-0.2, -0.15) is 4.98 Å². The molecule has 1 aromatic heterocycles. The Kier molecular flexibility index (Phi) is 9.67. The molecule has 0 atom stereocenters. The summed E-state index contributed by atoms with van der Waals surface area (Å²) in [5, 5.41) is 0.